The van der Waals surface area contributed by atoms with E-state index >= 15 is 0 Å². The molecule has 1 aromatic rings. The molecule has 1 aliphatic carbocycles. The SMILES string of the molecule is COc1cccc2c1CCC[C@H](N)[C@@H]2O. The van der Waals surface area contributed by atoms with E-state index in [2.05, 4.69) is 0 Å². The number of aliphatic hydroxyl groups is 1. The number of ether oxygens (including phenoxy) is 1. The van der Waals surface area contributed by atoms with E-state index in [1.807, 2.05) is 18.2 Å². The van der Waals surface area contributed by atoms with E-state index in [0.717, 1.165) is 36.1 Å². The number of hydrogen-bond donors (Lipinski definition) is 2. The molecule has 0 saturated heterocycles. The molecule has 0 unspecified atom stereocenters. The van der Waals surface area contributed by atoms with Crippen molar-refractivity contribution in [2.75, 3.05) is 7.11 Å². The first-order valence-corrected chi connectivity index (χ1v) is 5.33. The summed E-state index contributed by atoms with van der Waals surface area (Å²) >= 11 is 0. The molecule has 3 nitrogen and oxygen atoms in total. The zero-order valence-corrected chi connectivity index (χ0v) is 8.94. The number of fused-ring (bicyclic) bond motifs is 1. The van der Waals surface area contributed by atoms with E-state index < -0.39 is 6.10 Å². The summed E-state index contributed by atoms with van der Waals surface area (Å²) in [5.74, 6) is 0.862. The molecule has 3 N–H and O–H groups in total. The normalized spacial score (nSPS) is 25.5. The van der Waals surface area contributed by atoms with Crippen molar-refractivity contribution in [2.45, 2.75) is 31.4 Å². The number of rotatable bonds is 1. The monoisotopic (exact) mass is 207 g/mol. The lowest BCUT2D eigenvalue weighted by Gasteiger charge is -2.18. The Balaban J connectivity index is 2.47. The van der Waals surface area contributed by atoms with Crippen molar-refractivity contribution in [1.82, 2.24) is 0 Å². The average Bonchev–Trinajstić information content (AvgIpc) is 2.40. The Labute approximate surface area is 89.9 Å². The number of nitrogens with two attached hydrogens (primary N) is 1. The van der Waals surface area contributed by atoms with Crippen molar-refractivity contribution in [3.8, 4) is 5.75 Å². The molecule has 0 saturated carbocycles. The minimum absolute atomic E-state index is 0.154. The van der Waals surface area contributed by atoms with Crippen LogP contribution in [0, 0.1) is 0 Å². The van der Waals surface area contributed by atoms with Gasteiger partial charge in [-0.05, 0) is 36.5 Å². The molecule has 0 amide bonds. The van der Waals surface area contributed by atoms with E-state index in [9.17, 15) is 5.11 Å². The molecule has 0 aliphatic heterocycles. The molecule has 3 heteroatoms. The van der Waals surface area contributed by atoms with Crippen molar-refractivity contribution in [1.29, 1.82) is 0 Å². The maximum Gasteiger partial charge on any atom is 0.122 e. The molecule has 82 valence electrons. The second kappa shape index (κ2) is 4.21. The third kappa shape index (κ3) is 1.85. The van der Waals surface area contributed by atoms with Gasteiger partial charge in [-0.3, -0.25) is 0 Å². The highest BCUT2D eigenvalue weighted by Crippen LogP contribution is 2.33. The van der Waals surface area contributed by atoms with Crippen LogP contribution < -0.4 is 10.5 Å². The van der Waals surface area contributed by atoms with E-state index in [-0.39, 0.29) is 6.04 Å². The number of benzene rings is 1. The summed E-state index contributed by atoms with van der Waals surface area (Å²) in [5.41, 5.74) is 7.94. The second-order valence-corrected chi connectivity index (χ2v) is 4.03. The fourth-order valence-corrected chi connectivity index (χ4v) is 2.22. The van der Waals surface area contributed by atoms with Gasteiger partial charge in [0.1, 0.15) is 5.75 Å². The smallest absolute Gasteiger partial charge is 0.122 e. The van der Waals surface area contributed by atoms with Gasteiger partial charge in [-0.1, -0.05) is 12.1 Å². The lowest BCUT2D eigenvalue weighted by atomic mass is 9.98. The van der Waals surface area contributed by atoms with Crippen molar-refractivity contribution in [3.05, 3.63) is 29.3 Å². The van der Waals surface area contributed by atoms with Crippen LogP contribution >= 0.6 is 0 Å². The molecule has 0 heterocycles. The fourth-order valence-electron chi connectivity index (χ4n) is 2.22. The van der Waals surface area contributed by atoms with E-state index in [4.69, 9.17) is 10.5 Å². The fraction of sp³-hybridized carbons (Fsp3) is 0.500. The van der Waals surface area contributed by atoms with Crippen LogP contribution in [0.4, 0.5) is 0 Å². The highest BCUT2D eigenvalue weighted by atomic mass is 16.5. The predicted octanol–water partition coefficient (Wildman–Crippen LogP) is 1.39. The third-order valence-corrected chi connectivity index (χ3v) is 3.08. The minimum atomic E-state index is -0.558. The molecule has 2 atom stereocenters. The van der Waals surface area contributed by atoms with Crippen LogP contribution in [0.3, 0.4) is 0 Å². The third-order valence-electron chi connectivity index (χ3n) is 3.08. The van der Waals surface area contributed by atoms with Crippen LogP contribution in [0.1, 0.15) is 30.1 Å². The summed E-state index contributed by atoms with van der Waals surface area (Å²) in [5, 5.41) is 10.0. The zero-order chi connectivity index (χ0) is 10.8. The highest BCUT2D eigenvalue weighted by molar-refractivity contribution is 5.42. The molecule has 0 spiro atoms. The van der Waals surface area contributed by atoms with Gasteiger partial charge in [-0.15, -0.1) is 0 Å². The van der Waals surface area contributed by atoms with Crippen molar-refractivity contribution in [3.63, 3.8) is 0 Å². The van der Waals surface area contributed by atoms with Gasteiger partial charge in [-0.2, -0.15) is 0 Å². The van der Waals surface area contributed by atoms with Gasteiger partial charge in [0.25, 0.3) is 0 Å². The molecular formula is C12H17NO2. The van der Waals surface area contributed by atoms with Crippen LogP contribution in [-0.4, -0.2) is 18.3 Å². The van der Waals surface area contributed by atoms with Gasteiger partial charge in [0.2, 0.25) is 0 Å². The Morgan fingerprint density at radius 3 is 3.00 bits per heavy atom. The molecule has 0 radical (unpaired) electrons. The van der Waals surface area contributed by atoms with Crippen LogP contribution in [0.5, 0.6) is 5.75 Å². The lowest BCUT2D eigenvalue weighted by molar-refractivity contribution is 0.144. The van der Waals surface area contributed by atoms with E-state index in [1.54, 1.807) is 7.11 Å². The first-order valence-electron chi connectivity index (χ1n) is 5.33. The van der Waals surface area contributed by atoms with Gasteiger partial charge in [0.05, 0.1) is 13.2 Å². The largest absolute Gasteiger partial charge is 0.496 e. The standard InChI is InChI=1S/C12H17NO2/c1-15-11-7-3-5-9-8(11)4-2-6-10(13)12(9)14/h3,5,7,10,12,14H,2,4,6,13H2,1H3/t10-,12+/m0/s1. The molecule has 0 fully saturated rings. The molecule has 0 aromatic heterocycles. The van der Waals surface area contributed by atoms with Crippen molar-refractivity contribution >= 4 is 0 Å². The summed E-state index contributed by atoms with van der Waals surface area (Å²) in [6, 6.07) is 5.62. The molecule has 1 aromatic carbocycles. The maximum atomic E-state index is 10.0. The van der Waals surface area contributed by atoms with Gasteiger partial charge in [-0.25, -0.2) is 0 Å². The molecule has 2 rings (SSSR count). The molecule has 0 bridgehead atoms. The quantitative estimate of drug-likeness (QED) is 0.684. The first kappa shape index (κ1) is 10.5. The van der Waals surface area contributed by atoms with E-state index in [1.165, 1.54) is 0 Å². The topological polar surface area (TPSA) is 55.5 Å². The van der Waals surface area contributed by atoms with Gasteiger partial charge in [0.15, 0.2) is 0 Å². The molecular weight excluding hydrogens is 190 g/mol. The van der Waals surface area contributed by atoms with Crippen LogP contribution in [0.25, 0.3) is 0 Å². The summed E-state index contributed by atoms with van der Waals surface area (Å²) < 4.78 is 5.30. The van der Waals surface area contributed by atoms with Crippen LogP contribution in [0.15, 0.2) is 18.2 Å². The van der Waals surface area contributed by atoms with E-state index in [0.29, 0.717) is 0 Å². The molecule has 1 aliphatic rings. The van der Waals surface area contributed by atoms with Crippen LogP contribution in [0.2, 0.25) is 0 Å². The summed E-state index contributed by atoms with van der Waals surface area (Å²) in [6.07, 6.45) is 2.24. The van der Waals surface area contributed by atoms with Crippen molar-refractivity contribution in [2.24, 2.45) is 5.73 Å². The second-order valence-electron chi connectivity index (χ2n) is 4.03. The summed E-state index contributed by atoms with van der Waals surface area (Å²) in [7, 11) is 1.66. The Bertz CT molecular complexity index is 351. The average molecular weight is 207 g/mol. The lowest BCUT2D eigenvalue weighted by Crippen LogP contribution is -2.27. The predicted molar refractivity (Wildman–Crippen MR) is 58.9 cm³/mol. The number of aliphatic hydroxyl groups excluding tert-OH is 1. The number of methoxy groups -OCH3 is 1. The van der Waals surface area contributed by atoms with Crippen LogP contribution in [-0.2, 0) is 6.42 Å². The highest BCUT2D eigenvalue weighted by Gasteiger charge is 2.24. The van der Waals surface area contributed by atoms with Crippen molar-refractivity contribution < 1.29 is 9.84 Å². The van der Waals surface area contributed by atoms with Gasteiger partial charge >= 0.3 is 0 Å². The van der Waals surface area contributed by atoms with Gasteiger partial charge in [0, 0.05) is 6.04 Å². The Kier molecular flexibility index (Phi) is 2.93. The summed E-state index contributed by atoms with van der Waals surface area (Å²) in [6.45, 7) is 0. The first-order chi connectivity index (χ1) is 7.24. The Hall–Kier alpha value is -1.06. The minimum Gasteiger partial charge on any atom is -0.496 e. The Morgan fingerprint density at radius 2 is 2.27 bits per heavy atom. The zero-order valence-electron chi connectivity index (χ0n) is 8.94. The molecule has 15 heavy (non-hydrogen) atoms. The Morgan fingerprint density at radius 1 is 1.47 bits per heavy atom. The number of hydrogen-bond acceptors (Lipinski definition) is 3. The van der Waals surface area contributed by atoms with Gasteiger partial charge < -0.3 is 15.6 Å². The summed E-state index contributed by atoms with van der Waals surface area (Å²) in [4.78, 5) is 0. The maximum absolute atomic E-state index is 10.0.